The third-order valence-electron chi connectivity index (χ3n) is 5.38. The molecule has 0 radical (unpaired) electrons. The molecule has 0 bridgehead atoms. The topological polar surface area (TPSA) is 95.9 Å². The Morgan fingerprint density at radius 1 is 1.12 bits per heavy atom. The van der Waals surface area contributed by atoms with Crippen molar-refractivity contribution in [1.29, 1.82) is 0 Å². The van der Waals surface area contributed by atoms with E-state index in [0.29, 0.717) is 31.4 Å². The second kappa shape index (κ2) is 13.8. The van der Waals surface area contributed by atoms with Crippen molar-refractivity contribution in [2.24, 2.45) is 0 Å². The van der Waals surface area contributed by atoms with E-state index in [-0.39, 0.29) is 37.3 Å². The van der Waals surface area contributed by atoms with Crippen LogP contribution in [0.3, 0.4) is 0 Å². The van der Waals surface area contributed by atoms with E-state index in [0.717, 1.165) is 11.1 Å². The number of esters is 1. The van der Waals surface area contributed by atoms with Crippen LogP contribution in [0.5, 0.6) is 0 Å². The Morgan fingerprint density at radius 3 is 2.45 bits per heavy atom. The molecule has 1 amide bonds. The lowest BCUT2D eigenvalue weighted by Crippen LogP contribution is -2.53. The predicted molar refractivity (Wildman–Crippen MR) is 131 cm³/mol. The summed E-state index contributed by atoms with van der Waals surface area (Å²) in [6.45, 7) is 1.56. The van der Waals surface area contributed by atoms with Gasteiger partial charge < -0.3 is 9.84 Å². The lowest BCUT2D eigenvalue weighted by molar-refractivity contribution is -0.146. The molecule has 2 aromatic rings. The van der Waals surface area contributed by atoms with Crippen LogP contribution in [0.15, 0.2) is 54.6 Å². The van der Waals surface area contributed by atoms with Crippen LogP contribution >= 0.6 is 24.8 Å². The monoisotopic (exact) mass is 496 g/mol. The van der Waals surface area contributed by atoms with Crippen LogP contribution in [0.1, 0.15) is 30.9 Å². The second-order valence-corrected chi connectivity index (χ2v) is 7.53. The van der Waals surface area contributed by atoms with Crippen LogP contribution in [0.2, 0.25) is 0 Å². The lowest BCUT2D eigenvalue weighted by Gasteiger charge is -2.27. The first-order chi connectivity index (χ1) is 15.0. The molecule has 0 spiro atoms. The number of nitrogens with zero attached hydrogens (tertiary/aromatic N) is 1. The fourth-order valence-electron chi connectivity index (χ4n) is 3.88. The van der Waals surface area contributed by atoms with Gasteiger partial charge in [0, 0.05) is 5.69 Å². The molecule has 2 N–H and O–H groups in total. The molecule has 0 aromatic heterocycles. The van der Waals surface area contributed by atoms with Gasteiger partial charge in [-0.3, -0.25) is 24.6 Å². The molecule has 0 fully saturated rings. The smallest absolute Gasteiger partial charge is 0.323 e. The zero-order valence-electron chi connectivity index (χ0n) is 18.4. The van der Waals surface area contributed by atoms with E-state index in [1.54, 1.807) is 19.1 Å². The number of nitrogens with one attached hydrogen (secondary N) is 1. The Labute approximate surface area is 206 Å². The van der Waals surface area contributed by atoms with E-state index in [1.807, 2.05) is 42.5 Å². The van der Waals surface area contributed by atoms with E-state index < -0.39 is 30.6 Å². The minimum absolute atomic E-state index is 0. The van der Waals surface area contributed by atoms with Crippen molar-refractivity contribution in [3.8, 4) is 0 Å². The van der Waals surface area contributed by atoms with Crippen LogP contribution in [-0.4, -0.2) is 48.2 Å². The predicted octanol–water partition coefficient (Wildman–Crippen LogP) is 3.42. The Hall–Kier alpha value is -2.61. The molecule has 0 unspecified atom stereocenters. The van der Waals surface area contributed by atoms with E-state index in [2.05, 4.69) is 5.32 Å². The van der Waals surface area contributed by atoms with Gasteiger partial charge >= 0.3 is 11.9 Å². The van der Waals surface area contributed by atoms with E-state index in [9.17, 15) is 19.5 Å². The summed E-state index contributed by atoms with van der Waals surface area (Å²) >= 11 is 0. The average molecular weight is 497 g/mol. The second-order valence-electron chi connectivity index (χ2n) is 7.53. The van der Waals surface area contributed by atoms with Crippen molar-refractivity contribution in [3.63, 3.8) is 0 Å². The molecule has 180 valence electrons. The number of carbonyl (C=O) groups is 3. The number of carbonyl (C=O) groups excluding carboxylic acids is 2. The number of carboxylic acids is 1. The molecule has 3 rings (SSSR count). The molecule has 7 nitrogen and oxygen atoms in total. The molecule has 1 aliphatic rings. The van der Waals surface area contributed by atoms with Crippen molar-refractivity contribution >= 4 is 48.3 Å². The number of carboxylic acid groups (broad SMARTS) is 1. The maximum absolute atomic E-state index is 13.3. The number of fused-ring (bicyclic) bond motifs is 1. The third kappa shape index (κ3) is 7.74. The molecule has 9 heteroatoms. The van der Waals surface area contributed by atoms with E-state index in [1.165, 1.54) is 4.90 Å². The van der Waals surface area contributed by atoms with Crippen LogP contribution in [0.4, 0.5) is 5.69 Å². The fourth-order valence-corrected chi connectivity index (χ4v) is 3.88. The largest absolute Gasteiger partial charge is 0.480 e. The molecular formula is C24H30Cl2N2O5. The van der Waals surface area contributed by atoms with Gasteiger partial charge in [0.25, 0.3) is 0 Å². The summed E-state index contributed by atoms with van der Waals surface area (Å²) in [5, 5.41) is 12.5. The zero-order chi connectivity index (χ0) is 22.2. The Kier molecular flexibility index (Phi) is 11.9. The first-order valence-corrected chi connectivity index (χ1v) is 10.6. The van der Waals surface area contributed by atoms with Gasteiger partial charge in [-0.15, -0.1) is 24.8 Å². The van der Waals surface area contributed by atoms with Gasteiger partial charge in [-0.2, -0.15) is 0 Å². The molecule has 2 aromatic carbocycles. The minimum Gasteiger partial charge on any atom is -0.480 e. The normalized spacial score (nSPS) is 15.8. The number of aryl methyl sites for hydroxylation is 2. The SMILES string of the molecule is CCOC(=O)[C@H](CCc1ccccc1)N[C@H]1CCc2ccccc2N(CC(=O)O)C1=O.Cl.Cl. The van der Waals surface area contributed by atoms with Gasteiger partial charge in [-0.25, -0.2) is 0 Å². The maximum Gasteiger partial charge on any atom is 0.323 e. The van der Waals surface area contributed by atoms with E-state index >= 15 is 0 Å². The van der Waals surface area contributed by atoms with Gasteiger partial charge in [0.05, 0.1) is 12.6 Å². The van der Waals surface area contributed by atoms with Crippen molar-refractivity contribution in [1.82, 2.24) is 5.32 Å². The number of rotatable bonds is 9. The highest BCUT2D eigenvalue weighted by molar-refractivity contribution is 6.02. The highest BCUT2D eigenvalue weighted by Gasteiger charge is 2.34. The van der Waals surface area contributed by atoms with Crippen molar-refractivity contribution in [2.45, 2.75) is 44.7 Å². The van der Waals surface area contributed by atoms with Crippen LogP contribution < -0.4 is 10.2 Å². The number of para-hydroxylation sites is 1. The summed E-state index contributed by atoms with van der Waals surface area (Å²) in [7, 11) is 0. The quantitative estimate of drug-likeness (QED) is 0.516. The number of anilines is 1. The Balaban J connectivity index is 0.00000272. The molecule has 0 saturated heterocycles. The summed E-state index contributed by atoms with van der Waals surface area (Å²) in [6, 6.07) is 15.8. The molecular weight excluding hydrogens is 467 g/mol. The maximum atomic E-state index is 13.3. The van der Waals surface area contributed by atoms with Crippen LogP contribution in [-0.2, 0) is 32.0 Å². The summed E-state index contributed by atoms with van der Waals surface area (Å²) < 4.78 is 5.23. The lowest BCUT2D eigenvalue weighted by atomic mass is 10.0. The standard InChI is InChI=1S/C24H28N2O5.2ClH/c1-2-31-24(30)20(14-12-17-8-4-3-5-9-17)25-19-15-13-18-10-6-7-11-21(18)26(23(19)29)16-22(27)28;;/h3-11,19-20,25H,2,12-16H2,1H3,(H,27,28);2*1H/t19-,20-;;/m0../s1. The van der Waals surface area contributed by atoms with Gasteiger partial charge in [-0.05, 0) is 49.8 Å². The van der Waals surface area contributed by atoms with Gasteiger partial charge in [-0.1, -0.05) is 48.5 Å². The number of hydrogen-bond acceptors (Lipinski definition) is 5. The highest BCUT2D eigenvalue weighted by Crippen LogP contribution is 2.27. The molecule has 1 aliphatic heterocycles. The zero-order valence-corrected chi connectivity index (χ0v) is 20.1. The summed E-state index contributed by atoms with van der Waals surface area (Å²) in [4.78, 5) is 38.6. The van der Waals surface area contributed by atoms with E-state index in [4.69, 9.17) is 4.74 Å². The van der Waals surface area contributed by atoms with Gasteiger partial charge in [0.1, 0.15) is 12.6 Å². The molecule has 1 heterocycles. The number of ether oxygens (including phenoxy) is 1. The van der Waals surface area contributed by atoms with Gasteiger partial charge in [0.15, 0.2) is 0 Å². The fraction of sp³-hybridized carbons (Fsp3) is 0.375. The van der Waals surface area contributed by atoms with Crippen LogP contribution in [0, 0.1) is 0 Å². The number of aliphatic carboxylic acids is 1. The Morgan fingerprint density at radius 2 is 1.79 bits per heavy atom. The summed E-state index contributed by atoms with van der Waals surface area (Å²) in [6.07, 6.45) is 2.19. The first-order valence-electron chi connectivity index (χ1n) is 10.6. The molecule has 0 saturated carbocycles. The van der Waals surface area contributed by atoms with Crippen molar-refractivity contribution in [3.05, 3.63) is 65.7 Å². The number of hydrogen-bond donors (Lipinski definition) is 2. The number of halogens is 2. The average Bonchev–Trinajstić information content (AvgIpc) is 2.89. The summed E-state index contributed by atoms with van der Waals surface area (Å²) in [5.74, 6) is -1.84. The molecule has 33 heavy (non-hydrogen) atoms. The van der Waals surface area contributed by atoms with Crippen LogP contribution in [0.25, 0.3) is 0 Å². The molecule has 0 aliphatic carbocycles. The Bertz CT molecular complexity index is 926. The first kappa shape index (κ1) is 28.4. The van der Waals surface area contributed by atoms with Crippen molar-refractivity contribution < 1.29 is 24.2 Å². The molecule has 2 atom stereocenters. The summed E-state index contributed by atoms with van der Waals surface area (Å²) in [5.41, 5.74) is 2.61. The van der Waals surface area contributed by atoms with Gasteiger partial charge in [0.2, 0.25) is 5.91 Å². The van der Waals surface area contributed by atoms with Crippen molar-refractivity contribution in [2.75, 3.05) is 18.1 Å². The number of amides is 1. The number of benzene rings is 2. The highest BCUT2D eigenvalue weighted by atomic mass is 35.5. The third-order valence-corrected chi connectivity index (χ3v) is 5.38. The minimum atomic E-state index is -1.09.